The van der Waals surface area contributed by atoms with Crippen molar-refractivity contribution in [1.82, 2.24) is 14.5 Å². The van der Waals surface area contributed by atoms with Crippen molar-refractivity contribution in [2.75, 3.05) is 53.5 Å². The van der Waals surface area contributed by atoms with Gasteiger partial charge in [0.2, 0.25) is 11.7 Å². The molecule has 1 aliphatic heterocycles. The zero-order chi connectivity index (χ0) is 35.4. The van der Waals surface area contributed by atoms with Gasteiger partial charge in [0, 0.05) is 38.1 Å². The summed E-state index contributed by atoms with van der Waals surface area (Å²) in [5.41, 5.74) is -0.504. The van der Waals surface area contributed by atoms with Gasteiger partial charge in [0.15, 0.2) is 11.5 Å². The fourth-order valence-electron chi connectivity index (χ4n) is 4.68. The molecule has 1 fully saturated rings. The van der Waals surface area contributed by atoms with Gasteiger partial charge in [-0.1, -0.05) is 0 Å². The molecule has 2 N–H and O–H groups in total. The van der Waals surface area contributed by atoms with Gasteiger partial charge in [0.05, 0.1) is 47.3 Å². The van der Waals surface area contributed by atoms with Crippen LogP contribution in [-0.4, -0.2) is 109 Å². The Morgan fingerprint density at radius 2 is 1.69 bits per heavy atom. The number of hydrogen-bond acceptors (Lipinski definition) is 14. The Morgan fingerprint density at radius 3 is 2.27 bits per heavy atom. The minimum Gasteiger partial charge on any atom is -0.493 e. The van der Waals surface area contributed by atoms with E-state index in [1.807, 2.05) is 0 Å². The van der Waals surface area contributed by atoms with Crippen molar-refractivity contribution in [1.29, 1.82) is 0 Å². The van der Waals surface area contributed by atoms with Crippen LogP contribution in [0.1, 0.15) is 55.6 Å². The number of likely N-dealkylation sites (N-methyl/N-ethyl adjacent to an activating group) is 1. The molecule has 0 spiro atoms. The van der Waals surface area contributed by atoms with E-state index in [0.29, 0.717) is 17.2 Å². The number of nitrogens with one attached hydrogen (secondary N) is 1. The van der Waals surface area contributed by atoms with E-state index >= 15 is 0 Å². The monoisotopic (exact) mass is 676 g/mol. The van der Waals surface area contributed by atoms with Gasteiger partial charge < -0.3 is 48.5 Å². The number of Topliss-reactive ketones (excluding diaryl/α,β-unsaturated/α-hetero) is 1. The molecule has 0 radical (unpaired) electrons. The largest absolute Gasteiger partial charge is 0.493 e. The molecule has 262 valence electrons. The second-order valence-electron chi connectivity index (χ2n) is 10.7. The zero-order valence-electron chi connectivity index (χ0n) is 27.4. The lowest BCUT2D eigenvalue weighted by Crippen LogP contribution is -2.31. The highest BCUT2D eigenvalue weighted by molar-refractivity contribution is 5.95. The van der Waals surface area contributed by atoms with E-state index in [9.17, 15) is 33.9 Å². The van der Waals surface area contributed by atoms with Gasteiger partial charge in [-0.25, -0.2) is 4.79 Å². The average Bonchev–Trinajstić information content (AvgIpc) is 3.47. The molecular formula is C31H40N4O13. The standard InChI is InChI=1S/C31H40N4O13/c1-18(37)6-8-28(40)48-20-16-26(47-23(20)17-36)35-11-10-24(33-31(35)42)32-25(38)7-9-27(39)46-13-12-34(2)30(41)19-14-21(43-3)29(45-5)22(15-19)44-4/h10-11,14-15,20,23,26,36H,6-9,12-13,16-17H2,1-5H3,(H,32,33,38,42)/t20-,23?,26-/m1/s1. The quantitative estimate of drug-likeness (QED) is 0.223. The number of aromatic nitrogens is 2. The fraction of sp³-hybridized carbons (Fsp3) is 0.516. The van der Waals surface area contributed by atoms with Crippen LogP contribution in [0.15, 0.2) is 29.2 Å². The van der Waals surface area contributed by atoms with Crippen LogP contribution in [0.4, 0.5) is 5.82 Å². The fourth-order valence-corrected chi connectivity index (χ4v) is 4.68. The summed E-state index contributed by atoms with van der Waals surface area (Å²) in [5, 5.41) is 12.1. The number of carbonyl (C=O) groups is 5. The van der Waals surface area contributed by atoms with E-state index in [1.54, 1.807) is 0 Å². The number of ether oxygens (including phenoxy) is 6. The second kappa shape index (κ2) is 17.8. The molecule has 2 heterocycles. The van der Waals surface area contributed by atoms with Crippen LogP contribution in [0.3, 0.4) is 0 Å². The van der Waals surface area contributed by atoms with Gasteiger partial charge in [-0.05, 0) is 25.1 Å². The maximum Gasteiger partial charge on any atom is 0.351 e. The first kappa shape index (κ1) is 37.4. The molecule has 17 heteroatoms. The number of amides is 2. The number of anilines is 1. The third-order valence-corrected chi connectivity index (χ3v) is 7.24. The first-order valence-electron chi connectivity index (χ1n) is 15.0. The molecule has 1 aliphatic rings. The van der Waals surface area contributed by atoms with E-state index < -0.39 is 48.6 Å². The molecule has 2 aromatic rings. The minimum atomic E-state index is -0.900. The highest BCUT2D eigenvalue weighted by Crippen LogP contribution is 2.38. The minimum absolute atomic E-state index is 0.0242. The third kappa shape index (κ3) is 10.2. The number of aliphatic hydroxyl groups is 1. The van der Waals surface area contributed by atoms with Crippen LogP contribution in [-0.2, 0) is 33.4 Å². The van der Waals surface area contributed by atoms with Gasteiger partial charge in [-0.15, -0.1) is 0 Å². The Labute approximate surface area is 276 Å². The van der Waals surface area contributed by atoms with Crippen molar-refractivity contribution in [2.45, 2.75) is 57.5 Å². The number of hydrogen-bond donors (Lipinski definition) is 2. The van der Waals surface area contributed by atoms with Crippen LogP contribution in [0.5, 0.6) is 17.2 Å². The van der Waals surface area contributed by atoms with Gasteiger partial charge in [-0.3, -0.25) is 23.7 Å². The molecule has 48 heavy (non-hydrogen) atoms. The van der Waals surface area contributed by atoms with E-state index in [-0.39, 0.29) is 68.3 Å². The molecule has 1 aromatic heterocycles. The molecule has 1 unspecified atom stereocenters. The second-order valence-corrected chi connectivity index (χ2v) is 10.7. The van der Waals surface area contributed by atoms with E-state index in [0.717, 1.165) is 4.57 Å². The molecule has 1 aromatic carbocycles. The number of benzene rings is 1. The highest BCUT2D eigenvalue weighted by Gasteiger charge is 2.39. The third-order valence-electron chi connectivity index (χ3n) is 7.24. The van der Waals surface area contributed by atoms with Crippen molar-refractivity contribution in [3.8, 4) is 17.2 Å². The van der Waals surface area contributed by atoms with Gasteiger partial charge in [0.1, 0.15) is 36.6 Å². The van der Waals surface area contributed by atoms with Gasteiger partial charge in [0.25, 0.3) is 5.91 Å². The maximum absolute atomic E-state index is 12.9. The zero-order valence-corrected chi connectivity index (χ0v) is 27.4. The first-order chi connectivity index (χ1) is 22.9. The summed E-state index contributed by atoms with van der Waals surface area (Å²) in [7, 11) is 5.84. The Kier molecular flexibility index (Phi) is 13.9. The van der Waals surface area contributed by atoms with Gasteiger partial charge in [-0.2, -0.15) is 4.98 Å². The Hall–Kier alpha value is -5.03. The lowest BCUT2D eigenvalue weighted by atomic mass is 10.1. The van der Waals surface area contributed by atoms with E-state index in [4.69, 9.17) is 28.4 Å². The smallest absolute Gasteiger partial charge is 0.351 e. The van der Waals surface area contributed by atoms with Crippen molar-refractivity contribution in [2.24, 2.45) is 0 Å². The van der Waals surface area contributed by atoms with Crippen molar-refractivity contribution in [3.63, 3.8) is 0 Å². The summed E-state index contributed by atoms with van der Waals surface area (Å²) in [5.74, 6) is -1.54. The molecule has 0 bridgehead atoms. The Balaban J connectivity index is 1.45. The SMILES string of the molecule is COc1cc(C(=O)N(C)CCOC(=O)CCC(=O)Nc2ccn([C@H]3C[C@@H](OC(=O)CCC(C)=O)C(CO)O3)c(=O)n2)cc(OC)c1OC. The number of carbonyl (C=O) groups excluding carboxylic acids is 5. The number of ketones is 1. The van der Waals surface area contributed by atoms with Crippen molar-refractivity contribution < 1.29 is 57.5 Å². The molecule has 17 nitrogen and oxygen atoms in total. The van der Waals surface area contributed by atoms with Crippen molar-refractivity contribution >= 4 is 35.4 Å². The van der Waals surface area contributed by atoms with Crippen molar-refractivity contribution in [3.05, 3.63) is 40.4 Å². The summed E-state index contributed by atoms with van der Waals surface area (Å²) in [6.07, 6.45) is -1.85. The highest BCUT2D eigenvalue weighted by atomic mass is 16.6. The van der Waals surface area contributed by atoms with E-state index in [1.165, 1.54) is 64.6 Å². The summed E-state index contributed by atoms with van der Waals surface area (Å²) < 4.78 is 33.1. The number of esters is 2. The van der Waals surface area contributed by atoms with Crippen LogP contribution in [0.2, 0.25) is 0 Å². The maximum atomic E-state index is 12.9. The topological polar surface area (TPSA) is 211 Å². The van der Waals surface area contributed by atoms with Crippen LogP contribution >= 0.6 is 0 Å². The predicted octanol–water partition coefficient (Wildman–Crippen LogP) is 0.864. The van der Waals surface area contributed by atoms with Gasteiger partial charge >= 0.3 is 17.6 Å². The molecule has 2 amide bonds. The summed E-state index contributed by atoms with van der Waals surface area (Å²) in [6, 6.07) is 4.36. The molecule has 3 rings (SSSR count). The number of nitrogens with zero attached hydrogens (tertiary/aromatic N) is 3. The van der Waals surface area contributed by atoms with E-state index in [2.05, 4.69) is 10.3 Å². The van der Waals surface area contributed by atoms with Crippen LogP contribution < -0.4 is 25.2 Å². The summed E-state index contributed by atoms with van der Waals surface area (Å²) in [4.78, 5) is 78.5. The lowest BCUT2D eigenvalue weighted by Gasteiger charge is -2.19. The molecule has 0 aliphatic carbocycles. The van der Waals surface area contributed by atoms with Crippen LogP contribution in [0.25, 0.3) is 0 Å². The molecule has 1 saturated heterocycles. The first-order valence-corrected chi connectivity index (χ1v) is 15.0. The number of rotatable bonds is 17. The molecule has 3 atom stereocenters. The van der Waals surface area contributed by atoms with Crippen LogP contribution in [0, 0.1) is 0 Å². The normalized spacial score (nSPS) is 16.8. The Bertz CT molecular complexity index is 1520. The number of methoxy groups -OCH3 is 3. The summed E-state index contributed by atoms with van der Waals surface area (Å²) in [6.45, 7) is 0.837. The molecular weight excluding hydrogens is 636 g/mol. The molecule has 0 saturated carbocycles. The summed E-state index contributed by atoms with van der Waals surface area (Å²) >= 11 is 0. The average molecular weight is 677 g/mol. The Morgan fingerprint density at radius 1 is 1.02 bits per heavy atom. The number of aliphatic hydroxyl groups excluding tert-OH is 1. The lowest BCUT2D eigenvalue weighted by molar-refractivity contribution is -0.154. The predicted molar refractivity (Wildman–Crippen MR) is 166 cm³/mol.